The minimum Gasteiger partial charge on any atom is -0.392 e. The molecule has 2 fully saturated rings. The number of halogens is 1. The molecular weight excluding hydrogens is 396 g/mol. The monoisotopic (exact) mass is 428 g/mol. The molecule has 1 aromatic heterocycles. The van der Waals surface area contributed by atoms with E-state index < -0.39 is 0 Å². The number of piperidine rings is 1. The van der Waals surface area contributed by atoms with Gasteiger partial charge in [-0.3, -0.25) is 9.80 Å². The fraction of sp³-hybridized carbons (Fsp3) is 0.542. The Bertz CT molecular complexity index is 793. The number of aliphatic hydroxyl groups is 1. The molecule has 0 spiro atoms. The largest absolute Gasteiger partial charge is 0.392 e. The number of nitrogens with zero attached hydrogens (tertiary/aromatic N) is 4. The summed E-state index contributed by atoms with van der Waals surface area (Å²) >= 11 is 6.09. The summed E-state index contributed by atoms with van der Waals surface area (Å²) in [5.41, 5.74) is 1.32. The number of rotatable bonds is 5. The van der Waals surface area contributed by atoms with Gasteiger partial charge in [0.1, 0.15) is 5.82 Å². The predicted molar refractivity (Wildman–Crippen MR) is 123 cm³/mol. The fourth-order valence-electron chi connectivity index (χ4n) is 5.09. The summed E-state index contributed by atoms with van der Waals surface area (Å²) in [7, 11) is 2.15. The van der Waals surface area contributed by atoms with Crippen LogP contribution in [0.4, 0.5) is 5.82 Å². The van der Waals surface area contributed by atoms with Crippen LogP contribution in [0.15, 0.2) is 48.7 Å². The smallest absolute Gasteiger partial charge is 0.128 e. The number of anilines is 1. The van der Waals surface area contributed by atoms with Crippen molar-refractivity contribution < 1.29 is 5.11 Å². The molecule has 2 aromatic rings. The van der Waals surface area contributed by atoms with E-state index in [1.807, 2.05) is 31.3 Å². The molecule has 2 aliphatic heterocycles. The van der Waals surface area contributed by atoms with Crippen LogP contribution in [-0.2, 0) is 6.42 Å². The molecule has 0 saturated carbocycles. The summed E-state index contributed by atoms with van der Waals surface area (Å²) in [5, 5.41) is 11.1. The number of aliphatic hydroxyl groups excluding tert-OH is 1. The molecule has 30 heavy (non-hydrogen) atoms. The molecule has 2 saturated heterocycles. The standard InChI is InChI=1S/C24H33ClN4O/c1-18(30)23-17-29(21-10-13-28(14-11-21)24-5-3-4-12-26-24)22(16-27(23)2)15-19-6-8-20(25)9-7-19/h3-9,12,18,21-23,30H,10-11,13-17H2,1-2H3/t18-,22-,23+/m0/s1. The van der Waals surface area contributed by atoms with Crippen molar-refractivity contribution in [3.05, 3.63) is 59.2 Å². The highest BCUT2D eigenvalue weighted by Crippen LogP contribution is 2.28. The topological polar surface area (TPSA) is 42.8 Å². The van der Waals surface area contributed by atoms with Crippen LogP contribution in [0, 0.1) is 0 Å². The SMILES string of the molecule is C[C@H](O)[C@H]1CN(C2CCN(c3ccccn3)CC2)[C@@H](Cc2ccc(Cl)cc2)CN1C. The Morgan fingerprint density at radius 3 is 2.47 bits per heavy atom. The van der Waals surface area contributed by atoms with E-state index in [-0.39, 0.29) is 12.1 Å². The van der Waals surface area contributed by atoms with Crippen molar-refractivity contribution in [1.29, 1.82) is 0 Å². The van der Waals surface area contributed by atoms with Crippen LogP contribution in [0.25, 0.3) is 0 Å². The molecule has 5 nitrogen and oxygen atoms in total. The minimum absolute atomic E-state index is 0.181. The Hall–Kier alpha value is -1.66. The molecule has 0 bridgehead atoms. The van der Waals surface area contributed by atoms with Gasteiger partial charge in [-0.25, -0.2) is 4.98 Å². The van der Waals surface area contributed by atoms with Crippen LogP contribution in [0.3, 0.4) is 0 Å². The summed E-state index contributed by atoms with van der Waals surface area (Å²) in [6.45, 7) is 5.87. The highest BCUT2D eigenvalue weighted by Gasteiger charge is 2.38. The van der Waals surface area contributed by atoms with Gasteiger partial charge in [0.2, 0.25) is 0 Å². The summed E-state index contributed by atoms with van der Waals surface area (Å²) < 4.78 is 0. The molecule has 6 heteroatoms. The average molecular weight is 429 g/mol. The van der Waals surface area contributed by atoms with Crippen LogP contribution in [0.1, 0.15) is 25.3 Å². The van der Waals surface area contributed by atoms with Gasteiger partial charge < -0.3 is 10.0 Å². The van der Waals surface area contributed by atoms with E-state index in [1.165, 1.54) is 5.56 Å². The molecule has 4 rings (SSSR count). The minimum atomic E-state index is -0.331. The van der Waals surface area contributed by atoms with Crippen molar-refractivity contribution in [1.82, 2.24) is 14.8 Å². The lowest BCUT2D eigenvalue weighted by Gasteiger charge is -2.51. The van der Waals surface area contributed by atoms with Gasteiger partial charge >= 0.3 is 0 Å². The predicted octanol–water partition coefficient (Wildman–Crippen LogP) is 3.31. The zero-order valence-corrected chi connectivity index (χ0v) is 18.7. The second-order valence-electron chi connectivity index (χ2n) is 8.83. The van der Waals surface area contributed by atoms with E-state index in [9.17, 15) is 5.11 Å². The van der Waals surface area contributed by atoms with Crippen molar-refractivity contribution in [3.8, 4) is 0 Å². The second-order valence-corrected chi connectivity index (χ2v) is 9.27. The zero-order valence-electron chi connectivity index (χ0n) is 18.0. The maximum atomic E-state index is 10.4. The van der Waals surface area contributed by atoms with Crippen LogP contribution < -0.4 is 4.90 Å². The van der Waals surface area contributed by atoms with Crippen LogP contribution >= 0.6 is 11.6 Å². The van der Waals surface area contributed by atoms with E-state index in [2.05, 4.69) is 51.0 Å². The fourth-order valence-corrected chi connectivity index (χ4v) is 5.21. The van der Waals surface area contributed by atoms with E-state index in [4.69, 9.17) is 11.6 Å². The molecule has 0 unspecified atom stereocenters. The Morgan fingerprint density at radius 1 is 1.10 bits per heavy atom. The van der Waals surface area contributed by atoms with Crippen molar-refractivity contribution in [2.24, 2.45) is 0 Å². The first-order chi connectivity index (χ1) is 14.5. The van der Waals surface area contributed by atoms with Crippen molar-refractivity contribution in [2.45, 2.75) is 50.4 Å². The summed E-state index contributed by atoms with van der Waals surface area (Å²) in [6.07, 6.45) is 4.81. The molecule has 2 aliphatic rings. The first-order valence-electron chi connectivity index (χ1n) is 11.1. The van der Waals surface area contributed by atoms with Crippen LogP contribution in [0.5, 0.6) is 0 Å². The van der Waals surface area contributed by atoms with Gasteiger partial charge in [-0.2, -0.15) is 0 Å². The van der Waals surface area contributed by atoms with Gasteiger partial charge in [-0.15, -0.1) is 0 Å². The summed E-state index contributed by atoms with van der Waals surface area (Å²) in [5.74, 6) is 1.08. The Labute approximate surface area is 185 Å². The summed E-state index contributed by atoms with van der Waals surface area (Å²) in [6, 6.07) is 15.5. The summed E-state index contributed by atoms with van der Waals surface area (Å²) in [4.78, 5) is 11.9. The molecule has 0 radical (unpaired) electrons. The molecule has 0 aliphatic carbocycles. The van der Waals surface area contributed by atoms with Crippen molar-refractivity contribution in [2.75, 3.05) is 38.1 Å². The first kappa shape index (κ1) is 21.6. The molecule has 1 aromatic carbocycles. The average Bonchev–Trinajstić information content (AvgIpc) is 2.76. The third-order valence-electron chi connectivity index (χ3n) is 6.78. The zero-order chi connectivity index (χ0) is 21.1. The Morgan fingerprint density at radius 2 is 1.83 bits per heavy atom. The Kier molecular flexibility index (Phi) is 6.94. The van der Waals surface area contributed by atoms with Gasteiger partial charge in [-0.05, 0) is 63.1 Å². The third-order valence-corrected chi connectivity index (χ3v) is 7.03. The Balaban J connectivity index is 1.47. The molecule has 162 valence electrons. The van der Waals surface area contributed by atoms with Crippen LogP contribution in [-0.4, -0.2) is 77.3 Å². The lowest BCUT2D eigenvalue weighted by molar-refractivity contribution is -0.0348. The maximum absolute atomic E-state index is 10.4. The maximum Gasteiger partial charge on any atom is 0.128 e. The normalized spacial score (nSPS) is 25.4. The van der Waals surface area contributed by atoms with E-state index >= 15 is 0 Å². The van der Waals surface area contributed by atoms with Gasteiger partial charge in [0, 0.05) is 55.5 Å². The molecule has 3 heterocycles. The first-order valence-corrected chi connectivity index (χ1v) is 11.4. The number of aromatic nitrogens is 1. The van der Waals surface area contributed by atoms with Gasteiger partial charge in [0.15, 0.2) is 0 Å². The number of pyridine rings is 1. The highest BCUT2D eigenvalue weighted by molar-refractivity contribution is 6.30. The van der Waals surface area contributed by atoms with Gasteiger partial charge in [0.25, 0.3) is 0 Å². The van der Waals surface area contributed by atoms with Gasteiger partial charge in [0.05, 0.1) is 6.10 Å². The van der Waals surface area contributed by atoms with Crippen molar-refractivity contribution in [3.63, 3.8) is 0 Å². The third kappa shape index (κ3) is 4.97. The molecule has 1 N–H and O–H groups in total. The molecule has 0 amide bonds. The second kappa shape index (κ2) is 9.65. The quantitative estimate of drug-likeness (QED) is 0.791. The number of piperazine rings is 1. The highest BCUT2D eigenvalue weighted by atomic mass is 35.5. The van der Waals surface area contributed by atoms with Gasteiger partial charge in [-0.1, -0.05) is 29.8 Å². The van der Waals surface area contributed by atoms with E-state index in [1.54, 1.807) is 0 Å². The number of hydrogen-bond acceptors (Lipinski definition) is 5. The lowest BCUT2D eigenvalue weighted by atomic mass is 9.93. The van der Waals surface area contributed by atoms with Crippen molar-refractivity contribution >= 4 is 17.4 Å². The van der Waals surface area contributed by atoms with E-state index in [0.717, 1.165) is 56.3 Å². The number of likely N-dealkylation sites (N-methyl/N-ethyl adjacent to an activating group) is 1. The van der Waals surface area contributed by atoms with Crippen LogP contribution in [0.2, 0.25) is 5.02 Å². The lowest BCUT2D eigenvalue weighted by Crippen LogP contribution is -2.64. The number of hydrogen-bond donors (Lipinski definition) is 1. The molecular formula is C24H33ClN4O. The van der Waals surface area contributed by atoms with E-state index in [0.29, 0.717) is 12.1 Å². The molecule has 3 atom stereocenters. The number of benzene rings is 1.